The maximum atomic E-state index is 6.29. The summed E-state index contributed by atoms with van der Waals surface area (Å²) in [4.78, 5) is 0. The van der Waals surface area contributed by atoms with E-state index in [2.05, 4.69) is 20.8 Å². The van der Waals surface area contributed by atoms with Crippen molar-refractivity contribution in [2.45, 2.75) is 45.6 Å². The first-order valence-electron chi connectivity index (χ1n) is 5.34. The quantitative estimate of drug-likeness (QED) is 0.725. The van der Waals surface area contributed by atoms with Crippen molar-refractivity contribution < 1.29 is 4.74 Å². The number of hydrogen-bond donors (Lipinski definition) is 1. The second kappa shape index (κ2) is 2.48. The van der Waals surface area contributed by atoms with Crippen LogP contribution in [0.3, 0.4) is 0 Å². The molecule has 1 saturated heterocycles. The molecule has 13 heavy (non-hydrogen) atoms. The van der Waals surface area contributed by atoms with Crippen LogP contribution in [0.5, 0.6) is 0 Å². The highest BCUT2D eigenvalue weighted by molar-refractivity contribution is 5.18. The maximum absolute atomic E-state index is 6.29. The van der Waals surface area contributed by atoms with Crippen LogP contribution >= 0.6 is 0 Å². The van der Waals surface area contributed by atoms with E-state index in [-0.39, 0.29) is 5.54 Å². The highest BCUT2D eigenvalue weighted by Gasteiger charge is 2.66. The fourth-order valence-electron chi connectivity index (χ4n) is 3.15. The van der Waals surface area contributed by atoms with Gasteiger partial charge in [-0.25, -0.2) is 0 Å². The molecule has 0 radical (unpaired) electrons. The lowest BCUT2D eigenvalue weighted by atomic mass is 9.61. The summed E-state index contributed by atoms with van der Waals surface area (Å²) in [5.74, 6) is 0. The molecule has 0 aromatic heterocycles. The van der Waals surface area contributed by atoms with E-state index in [1.807, 2.05) is 0 Å². The van der Waals surface area contributed by atoms with E-state index in [0.29, 0.717) is 10.8 Å². The summed E-state index contributed by atoms with van der Waals surface area (Å²) < 4.78 is 5.40. The van der Waals surface area contributed by atoms with E-state index in [9.17, 15) is 0 Å². The third kappa shape index (κ3) is 1.02. The van der Waals surface area contributed by atoms with Crippen LogP contribution in [0.15, 0.2) is 0 Å². The van der Waals surface area contributed by atoms with Gasteiger partial charge < -0.3 is 10.5 Å². The third-order valence-electron chi connectivity index (χ3n) is 4.43. The molecule has 0 unspecified atom stereocenters. The molecule has 2 heteroatoms. The molecule has 0 aromatic rings. The van der Waals surface area contributed by atoms with Gasteiger partial charge >= 0.3 is 0 Å². The van der Waals surface area contributed by atoms with Crippen LogP contribution in [0.2, 0.25) is 0 Å². The molecule has 0 bridgehead atoms. The molecule has 0 spiro atoms. The molecule has 76 valence electrons. The summed E-state index contributed by atoms with van der Waals surface area (Å²) in [7, 11) is 0. The summed E-state index contributed by atoms with van der Waals surface area (Å²) in [5.41, 5.74) is 7.05. The van der Waals surface area contributed by atoms with Crippen molar-refractivity contribution in [2.24, 2.45) is 16.6 Å². The van der Waals surface area contributed by atoms with Crippen molar-refractivity contribution in [1.82, 2.24) is 0 Å². The molecule has 1 aliphatic carbocycles. The molecule has 0 aromatic carbocycles. The lowest BCUT2D eigenvalue weighted by Gasteiger charge is -2.52. The highest BCUT2D eigenvalue weighted by atomic mass is 16.5. The van der Waals surface area contributed by atoms with Gasteiger partial charge in [0, 0.05) is 11.0 Å². The zero-order chi connectivity index (χ0) is 9.74. The fraction of sp³-hybridized carbons (Fsp3) is 1.00. The zero-order valence-electron chi connectivity index (χ0n) is 9.02. The average Bonchev–Trinajstić information content (AvgIpc) is 2.65. The molecule has 0 amide bonds. The molecule has 1 aliphatic heterocycles. The summed E-state index contributed by atoms with van der Waals surface area (Å²) >= 11 is 0. The summed E-state index contributed by atoms with van der Waals surface area (Å²) in [6.45, 7) is 8.49. The second-order valence-electron chi connectivity index (χ2n) is 5.43. The average molecular weight is 183 g/mol. The van der Waals surface area contributed by atoms with Crippen LogP contribution < -0.4 is 5.73 Å². The van der Waals surface area contributed by atoms with Gasteiger partial charge in [0.1, 0.15) is 0 Å². The Morgan fingerprint density at radius 3 is 1.92 bits per heavy atom. The molecular weight excluding hydrogens is 162 g/mol. The van der Waals surface area contributed by atoms with Gasteiger partial charge in [0.2, 0.25) is 0 Å². The minimum atomic E-state index is -0.0349. The van der Waals surface area contributed by atoms with Crippen molar-refractivity contribution in [2.75, 3.05) is 13.2 Å². The zero-order valence-corrected chi connectivity index (χ0v) is 9.02. The van der Waals surface area contributed by atoms with E-state index in [1.165, 1.54) is 19.3 Å². The van der Waals surface area contributed by atoms with Crippen molar-refractivity contribution in [3.8, 4) is 0 Å². The Morgan fingerprint density at radius 1 is 1.31 bits per heavy atom. The normalized spacial score (nSPS) is 29.5. The van der Waals surface area contributed by atoms with Gasteiger partial charge in [0.05, 0.1) is 13.2 Å². The Kier molecular flexibility index (Phi) is 1.81. The van der Waals surface area contributed by atoms with Crippen LogP contribution in [-0.2, 0) is 4.74 Å². The van der Waals surface area contributed by atoms with Gasteiger partial charge in [-0.05, 0) is 38.5 Å². The van der Waals surface area contributed by atoms with Crippen LogP contribution in [0, 0.1) is 10.8 Å². The first-order valence-corrected chi connectivity index (χ1v) is 5.34. The molecule has 2 aliphatic rings. The molecule has 2 N–H and O–H groups in total. The summed E-state index contributed by atoms with van der Waals surface area (Å²) in [6.07, 6.45) is 3.81. The molecule has 2 rings (SSSR count). The fourth-order valence-corrected chi connectivity index (χ4v) is 3.15. The lowest BCUT2D eigenvalue weighted by molar-refractivity contribution is -0.171. The van der Waals surface area contributed by atoms with Gasteiger partial charge in [0.15, 0.2) is 0 Å². The minimum Gasteiger partial charge on any atom is -0.380 e. The van der Waals surface area contributed by atoms with Crippen molar-refractivity contribution >= 4 is 0 Å². The topological polar surface area (TPSA) is 35.2 Å². The first kappa shape index (κ1) is 9.47. The second-order valence-corrected chi connectivity index (χ2v) is 5.43. The minimum absolute atomic E-state index is 0.0349. The van der Waals surface area contributed by atoms with Crippen molar-refractivity contribution in [3.63, 3.8) is 0 Å². The van der Waals surface area contributed by atoms with Gasteiger partial charge in [-0.2, -0.15) is 0 Å². The number of hydrogen-bond acceptors (Lipinski definition) is 2. The molecule has 0 atom stereocenters. The predicted molar refractivity (Wildman–Crippen MR) is 53.5 cm³/mol. The molecular formula is C11H21NO. The van der Waals surface area contributed by atoms with Gasteiger partial charge in [-0.3, -0.25) is 0 Å². The standard InChI is InChI=1S/C11H21NO/c1-4-10(7-13-8-10)11(5-6-11)9(2,3)12/h4-8,12H2,1-3H3. The van der Waals surface area contributed by atoms with E-state index in [1.54, 1.807) is 0 Å². The van der Waals surface area contributed by atoms with Crippen LogP contribution in [-0.4, -0.2) is 18.8 Å². The Morgan fingerprint density at radius 2 is 1.85 bits per heavy atom. The SMILES string of the molecule is CCC1(C2(C(C)(C)N)CC2)COC1. The monoisotopic (exact) mass is 183 g/mol. The number of rotatable bonds is 3. The Hall–Kier alpha value is -0.0800. The number of ether oxygens (including phenoxy) is 1. The lowest BCUT2D eigenvalue weighted by Crippen LogP contribution is -2.59. The largest absolute Gasteiger partial charge is 0.380 e. The predicted octanol–water partition coefficient (Wildman–Crippen LogP) is 1.93. The summed E-state index contributed by atoms with van der Waals surface area (Å²) in [5, 5.41) is 0. The Labute approximate surface area is 80.8 Å². The molecule has 1 saturated carbocycles. The van der Waals surface area contributed by atoms with Crippen LogP contribution in [0.25, 0.3) is 0 Å². The maximum Gasteiger partial charge on any atom is 0.0550 e. The highest BCUT2D eigenvalue weighted by Crippen LogP contribution is 2.67. The van der Waals surface area contributed by atoms with Crippen molar-refractivity contribution in [1.29, 1.82) is 0 Å². The smallest absolute Gasteiger partial charge is 0.0550 e. The van der Waals surface area contributed by atoms with E-state index in [0.717, 1.165) is 13.2 Å². The molecule has 2 fully saturated rings. The molecule has 1 heterocycles. The summed E-state index contributed by atoms with van der Waals surface area (Å²) in [6, 6.07) is 0. The Bertz CT molecular complexity index is 203. The molecule has 2 nitrogen and oxygen atoms in total. The van der Waals surface area contributed by atoms with Gasteiger partial charge in [-0.15, -0.1) is 0 Å². The van der Waals surface area contributed by atoms with Gasteiger partial charge in [0.25, 0.3) is 0 Å². The van der Waals surface area contributed by atoms with Crippen molar-refractivity contribution in [3.05, 3.63) is 0 Å². The Balaban J connectivity index is 2.23. The third-order valence-corrected chi connectivity index (χ3v) is 4.43. The van der Waals surface area contributed by atoms with E-state index in [4.69, 9.17) is 10.5 Å². The number of nitrogens with two attached hydrogens (primary N) is 1. The van der Waals surface area contributed by atoms with E-state index >= 15 is 0 Å². The first-order chi connectivity index (χ1) is 5.97. The van der Waals surface area contributed by atoms with Crippen LogP contribution in [0.1, 0.15) is 40.0 Å². The van der Waals surface area contributed by atoms with E-state index < -0.39 is 0 Å². The van der Waals surface area contributed by atoms with Crippen LogP contribution in [0.4, 0.5) is 0 Å². The van der Waals surface area contributed by atoms with Gasteiger partial charge in [-0.1, -0.05) is 6.92 Å².